The molecule has 0 saturated carbocycles. The lowest BCUT2D eigenvalue weighted by Crippen LogP contribution is -2.17. The molecule has 112 valence electrons. The van der Waals surface area contributed by atoms with Crippen LogP contribution in [0.4, 0.5) is 5.69 Å². The molecule has 0 fully saturated rings. The molecule has 0 radical (unpaired) electrons. The number of fused-ring (bicyclic) bond motifs is 1. The Morgan fingerprint density at radius 3 is 2.59 bits per heavy atom. The van der Waals surface area contributed by atoms with Crippen molar-refractivity contribution in [3.63, 3.8) is 0 Å². The summed E-state index contributed by atoms with van der Waals surface area (Å²) >= 11 is 0. The van der Waals surface area contributed by atoms with E-state index in [-0.39, 0.29) is 11.6 Å². The molecule has 0 saturated heterocycles. The molecule has 2 N–H and O–H groups in total. The van der Waals surface area contributed by atoms with Crippen molar-refractivity contribution in [3.05, 3.63) is 64.7 Å². The maximum Gasteiger partial charge on any atom is 0.258 e. The molecule has 22 heavy (non-hydrogen) atoms. The summed E-state index contributed by atoms with van der Waals surface area (Å²) in [4.78, 5) is 19.5. The van der Waals surface area contributed by atoms with E-state index >= 15 is 0 Å². The number of methoxy groups -OCH3 is 1. The zero-order chi connectivity index (χ0) is 15.5. The fraction of sp³-hybridized carbons (Fsp3) is 0.176. The van der Waals surface area contributed by atoms with Gasteiger partial charge in [0.05, 0.1) is 24.1 Å². The van der Waals surface area contributed by atoms with Gasteiger partial charge in [0.15, 0.2) is 0 Å². The van der Waals surface area contributed by atoms with E-state index in [4.69, 9.17) is 4.74 Å². The number of nitrogens with one attached hydrogen (secondary N) is 2. The lowest BCUT2D eigenvalue weighted by Gasteiger charge is -2.15. The number of para-hydroxylation sites is 1. The molecule has 0 aliphatic carbocycles. The number of aromatic amines is 1. The average Bonchev–Trinajstić information content (AvgIpc) is 2.55. The van der Waals surface area contributed by atoms with E-state index in [1.54, 1.807) is 13.2 Å². The topological polar surface area (TPSA) is 67.0 Å². The Morgan fingerprint density at radius 1 is 1.14 bits per heavy atom. The highest BCUT2D eigenvalue weighted by molar-refractivity contribution is 5.77. The Balaban J connectivity index is 1.88. The van der Waals surface area contributed by atoms with E-state index in [1.165, 1.54) is 0 Å². The molecule has 2 aromatic carbocycles. The van der Waals surface area contributed by atoms with E-state index in [9.17, 15) is 4.79 Å². The van der Waals surface area contributed by atoms with Crippen LogP contribution in [0.3, 0.4) is 0 Å². The van der Waals surface area contributed by atoms with Crippen molar-refractivity contribution < 1.29 is 4.74 Å². The molecule has 3 aromatic rings. The fourth-order valence-electron chi connectivity index (χ4n) is 2.32. The molecule has 5 nitrogen and oxygen atoms in total. The van der Waals surface area contributed by atoms with Crippen LogP contribution in [0.15, 0.2) is 53.3 Å². The number of hydrogen-bond donors (Lipinski definition) is 2. The van der Waals surface area contributed by atoms with E-state index in [0.29, 0.717) is 16.7 Å². The Labute approximate surface area is 128 Å². The zero-order valence-corrected chi connectivity index (χ0v) is 12.5. The van der Waals surface area contributed by atoms with Crippen molar-refractivity contribution in [3.8, 4) is 5.75 Å². The average molecular weight is 295 g/mol. The van der Waals surface area contributed by atoms with Crippen LogP contribution < -0.4 is 15.6 Å². The van der Waals surface area contributed by atoms with Gasteiger partial charge in [0.1, 0.15) is 11.6 Å². The van der Waals surface area contributed by atoms with Crippen molar-refractivity contribution in [1.82, 2.24) is 9.97 Å². The standard InChI is InChI=1S/C17H17N3O2/c1-11(18-12-7-9-13(22-2)10-8-12)16-19-15-6-4-3-5-14(15)17(21)20-16/h3-11,18H,1-2H3,(H,19,20,21). The van der Waals surface area contributed by atoms with Gasteiger partial charge in [-0.3, -0.25) is 4.79 Å². The van der Waals surface area contributed by atoms with Gasteiger partial charge in [-0.05, 0) is 43.3 Å². The Bertz CT molecular complexity index is 840. The number of H-pyrrole nitrogens is 1. The molecular formula is C17H17N3O2. The van der Waals surface area contributed by atoms with Crippen molar-refractivity contribution in [2.24, 2.45) is 0 Å². The highest BCUT2D eigenvalue weighted by Gasteiger charge is 2.10. The maximum absolute atomic E-state index is 12.1. The SMILES string of the molecule is COc1ccc(NC(C)c2nc3ccccc3c(=O)[nH]2)cc1. The second kappa shape index (κ2) is 5.89. The van der Waals surface area contributed by atoms with E-state index in [2.05, 4.69) is 15.3 Å². The molecule has 3 rings (SSSR count). The van der Waals surface area contributed by atoms with Gasteiger partial charge in [-0.25, -0.2) is 4.98 Å². The smallest absolute Gasteiger partial charge is 0.258 e. The third-order valence-electron chi connectivity index (χ3n) is 3.51. The van der Waals surface area contributed by atoms with Crippen LogP contribution in [0.5, 0.6) is 5.75 Å². The van der Waals surface area contributed by atoms with Crippen LogP contribution in [0, 0.1) is 0 Å². The van der Waals surface area contributed by atoms with Gasteiger partial charge in [-0.2, -0.15) is 0 Å². The van der Waals surface area contributed by atoms with Crippen molar-refractivity contribution in [1.29, 1.82) is 0 Å². The van der Waals surface area contributed by atoms with Crippen LogP contribution in [0.25, 0.3) is 10.9 Å². The van der Waals surface area contributed by atoms with Crippen molar-refractivity contribution in [2.75, 3.05) is 12.4 Å². The monoisotopic (exact) mass is 295 g/mol. The lowest BCUT2D eigenvalue weighted by atomic mass is 10.2. The maximum atomic E-state index is 12.1. The number of aromatic nitrogens is 2. The molecule has 1 heterocycles. The highest BCUT2D eigenvalue weighted by Crippen LogP contribution is 2.20. The van der Waals surface area contributed by atoms with Crippen molar-refractivity contribution in [2.45, 2.75) is 13.0 Å². The second-order valence-electron chi connectivity index (χ2n) is 5.06. The lowest BCUT2D eigenvalue weighted by molar-refractivity contribution is 0.415. The van der Waals surface area contributed by atoms with Crippen LogP contribution in [0.1, 0.15) is 18.8 Å². The first-order chi connectivity index (χ1) is 10.7. The van der Waals surface area contributed by atoms with Gasteiger partial charge in [0, 0.05) is 5.69 Å². The quantitative estimate of drug-likeness (QED) is 0.776. The number of benzene rings is 2. The van der Waals surface area contributed by atoms with E-state index < -0.39 is 0 Å². The summed E-state index contributed by atoms with van der Waals surface area (Å²) in [5.74, 6) is 1.41. The summed E-state index contributed by atoms with van der Waals surface area (Å²) < 4.78 is 5.14. The summed E-state index contributed by atoms with van der Waals surface area (Å²) in [5, 5.41) is 3.91. The predicted octanol–water partition coefficient (Wildman–Crippen LogP) is 3.10. The molecule has 5 heteroatoms. The molecular weight excluding hydrogens is 278 g/mol. The van der Waals surface area contributed by atoms with Crippen LogP contribution in [0.2, 0.25) is 0 Å². The summed E-state index contributed by atoms with van der Waals surface area (Å²) in [6.07, 6.45) is 0. The summed E-state index contributed by atoms with van der Waals surface area (Å²) in [5.41, 5.74) is 1.51. The Morgan fingerprint density at radius 2 is 1.86 bits per heavy atom. The molecule has 1 aromatic heterocycles. The van der Waals surface area contributed by atoms with Crippen LogP contribution in [-0.4, -0.2) is 17.1 Å². The van der Waals surface area contributed by atoms with Gasteiger partial charge < -0.3 is 15.0 Å². The Kier molecular flexibility index (Phi) is 3.78. The number of nitrogens with zero attached hydrogens (tertiary/aromatic N) is 1. The molecule has 1 atom stereocenters. The number of rotatable bonds is 4. The summed E-state index contributed by atoms with van der Waals surface area (Å²) in [7, 11) is 1.63. The third kappa shape index (κ3) is 2.79. The summed E-state index contributed by atoms with van der Waals surface area (Å²) in [6, 6.07) is 14.8. The Hall–Kier alpha value is -2.82. The van der Waals surface area contributed by atoms with Gasteiger partial charge in [-0.1, -0.05) is 12.1 Å². The minimum Gasteiger partial charge on any atom is -0.497 e. The largest absolute Gasteiger partial charge is 0.497 e. The van der Waals surface area contributed by atoms with Crippen LogP contribution >= 0.6 is 0 Å². The second-order valence-corrected chi connectivity index (χ2v) is 5.06. The van der Waals surface area contributed by atoms with Crippen LogP contribution in [-0.2, 0) is 0 Å². The number of anilines is 1. The fourth-order valence-corrected chi connectivity index (χ4v) is 2.32. The molecule has 0 spiro atoms. The van der Waals surface area contributed by atoms with Gasteiger partial charge in [0.2, 0.25) is 0 Å². The number of hydrogen-bond acceptors (Lipinski definition) is 4. The van der Waals surface area contributed by atoms with Gasteiger partial charge in [0.25, 0.3) is 5.56 Å². The molecule has 0 aliphatic rings. The van der Waals surface area contributed by atoms with E-state index in [0.717, 1.165) is 11.4 Å². The summed E-state index contributed by atoms with van der Waals surface area (Å²) in [6.45, 7) is 1.96. The molecule has 0 amide bonds. The van der Waals surface area contributed by atoms with Gasteiger partial charge in [-0.15, -0.1) is 0 Å². The van der Waals surface area contributed by atoms with Gasteiger partial charge >= 0.3 is 0 Å². The molecule has 0 bridgehead atoms. The van der Waals surface area contributed by atoms with E-state index in [1.807, 2.05) is 49.4 Å². The highest BCUT2D eigenvalue weighted by atomic mass is 16.5. The first-order valence-corrected chi connectivity index (χ1v) is 7.07. The minimum atomic E-state index is -0.121. The zero-order valence-electron chi connectivity index (χ0n) is 12.5. The van der Waals surface area contributed by atoms with Crippen molar-refractivity contribution >= 4 is 16.6 Å². The molecule has 1 unspecified atom stereocenters. The normalized spacial score (nSPS) is 12.1. The minimum absolute atomic E-state index is 0.120. The first-order valence-electron chi connectivity index (χ1n) is 7.07. The molecule has 0 aliphatic heterocycles. The number of ether oxygens (including phenoxy) is 1. The first kappa shape index (κ1) is 14.1. The third-order valence-corrected chi connectivity index (χ3v) is 3.51. The predicted molar refractivity (Wildman–Crippen MR) is 87.4 cm³/mol.